The zero-order valence-electron chi connectivity index (χ0n) is 14.3. The third-order valence-electron chi connectivity index (χ3n) is 3.12. The minimum absolute atomic E-state index is 0.130. The van der Waals surface area contributed by atoms with E-state index in [1.165, 1.54) is 12.3 Å². The van der Waals surface area contributed by atoms with Gasteiger partial charge in [-0.15, -0.1) is 0 Å². The van der Waals surface area contributed by atoms with Gasteiger partial charge in [0.25, 0.3) is 11.8 Å². The van der Waals surface area contributed by atoms with E-state index in [1.807, 2.05) is 39.8 Å². The molecule has 5 heteroatoms. The average Bonchev–Trinajstić information content (AvgIpc) is 2.98. The summed E-state index contributed by atoms with van der Waals surface area (Å²) in [7, 11) is 0. The Kier molecular flexibility index (Phi) is 5.24. The zero-order valence-corrected chi connectivity index (χ0v) is 14.3. The highest BCUT2D eigenvalue weighted by Gasteiger charge is 2.20. The van der Waals surface area contributed by atoms with Crippen LogP contribution in [0.2, 0.25) is 0 Å². The van der Waals surface area contributed by atoms with Crippen molar-refractivity contribution in [2.45, 2.75) is 33.2 Å². The normalized spacial score (nSPS) is 11.9. The number of carbonyl (C=O) groups is 2. The molecule has 0 saturated heterocycles. The summed E-state index contributed by atoms with van der Waals surface area (Å²) in [5.41, 5.74) is 1.25. The van der Waals surface area contributed by atoms with Crippen molar-refractivity contribution in [3.63, 3.8) is 0 Å². The van der Waals surface area contributed by atoms with Crippen LogP contribution >= 0.6 is 0 Å². The van der Waals surface area contributed by atoms with E-state index < -0.39 is 5.54 Å². The molecule has 126 valence electrons. The molecule has 2 aromatic rings. The summed E-state index contributed by atoms with van der Waals surface area (Å²) >= 11 is 0. The number of aryl methyl sites for hydroxylation is 1. The molecule has 0 spiro atoms. The lowest BCUT2D eigenvalue weighted by atomic mass is 10.1. The number of benzene rings is 1. The van der Waals surface area contributed by atoms with Crippen LogP contribution in [0.4, 0.5) is 0 Å². The molecule has 0 aliphatic rings. The van der Waals surface area contributed by atoms with Crippen molar-refractivity contribution in [1.29, 1.82) is 0 Å². The van der Waals surface area contributed by atoms with E-state index in [4.69, 9.17) is 4.42 Å². The second-order valence-corrected chi connectivity index (χ2v) is 6.60. The molecule has 2 N–H and O–H groups in total. The maximum absolute atomic E-state index is 12.5. The van der Waals surface area contributed by atoms with E-state index in [2.05, 4.69) is 10.6 Å². The fourth-order valence-electron chi connectivity index (χ4n) is 1.98. The summed E-state index contributed by atoms with van der Waals surface area (Å²) in [5, 5.41) is 5.50. The Hall–Kier alpha value is -2.82. The SMILES string of the molecule is Cc1ccc(C(=O)N/C(=C\c2ccco2)C(=O)NC(C)(C)C)cc1. The van der Waals surface area contributed by atoms with Crippen molar-refractivity contribution in [1.82, 2.24) is 10.6 Å². The zero-order chi connectivity index (χ0) is 17.7. The van der Waals surface area contributed by atoms with Crippen LogP contribution in [0.3, 0.4) is 0 Å². The molecule has 0 aliphatic heterocycles. The summed E-state index contributed by atoms with van der Waals surface area (Å²) < 4.78 is 5.24. The molecule has 24 heavy (non-hydrogen) atoms. The van der Waals surface area contributed by atoms with Crippen molar-refractivity contribution in [3.8, 4) is 0 Å². The van der Waals surface area contributed by atoms with Crippen molar-refractivity contribution >= 4 is 17.9 Å². The van der Waals surface area contributed by atoms with Crippen molar-refractivity contribution in [2.75, 3.05) is 0 Å². The number of carbonyl (C=O) groups excluding carboxylic acids is 2. The van der Waals surface area contributed by atoms with Gasteiger partial charge in [0.1, 0.15) is 11.5 Å². The summed E-state index contributed by atoms with van der Waals surface area (Å²) in [5.74, 6) is -0.241. The van der Waals surface area contributed by atoms with Gasteiger partial charge in [-0.05, 0) is 52.0 Å². The molecule has 1 aromatic heterocycles. The van der Waals surface area contributed by atoms with Gasteiger partial charge in [-0.3, -0.25) is 9.59 Å². The smallest absolute Gasteiger partial charge is 0.268 e. The highest BCUT2D eigenvalue weighted by atomic mass is 16.3. The van der Waals surface area contributed by atoms with Gasteiger partial charge in [-0.2, -0.15) is 0 Å². The molecule has 2 rings (SSSR count). The van der Waals surface area contributed by atoms with Crippen molar-refractivity contribution in [3.05, 3.63) is 65.2 Å². The molecule has 0 atom stereocenters. The average molecular weight is 326 g/mol. The molecule has 0 aliphatic carbocycles. The fraction of sp³-hybridized carbons (Fsp3) is 0.263. The first-order valence-corrected chi connectivity index (χ1v) is 7.70. The van der Waals surface area contributed by atoms with Gasteiger partial charge in [-0.25, -0.2) is 0 Å². The lowest BCUT2D eigenvalue weighted by Crippen LogP contribution is -2.44. The second-order valence-electron chi connectivity index (χ2n) is 6.60. The Bertz CT molecular complexity index is 736. The largest absolute Gasteiger partial charge is 0.465 e. The van der Waals surface area contributed by atoms with Crippen LogP contribution in [0.25, 0.3) is 6.08 Å². The molecule has 0 bridgehead atoms. The van der Waals surface area contributed by atoms with Crippen LogP contribution in [-0.2, 0) is 4.79 Å². The highest BCUT2D eigenvalue weighted by Crippen LogP contribution is 2.10. The summed E-state index contributed by atoms with van der Waals surface area (Å²) in [4.78, 5) is 24.9. The van der Waals surface area contributed by atoms with Crippen LogP contribution in [0, 0.1) is 6.92 Å². The number of rotatable bonds is 4. The molecule has 0 radical (unpaired) electrons. The van der Waals surface area contributed by atoms with E-state index >= 15 is 0 Å². The lowest BCUT2D eigenvalue weighted by molar-refractivity contribution is -0.119. The first-order valence-electron chi connectivity index (χ1n) is 7.70. The van der Waals surface area contributed by atoms with Crippen LogP contribution in [0.15, 0.2) is 52.8 Å². The Balaban J connectivity index is 2.24. The first-order chi connectivity index (χ1) is 11.2. The predicted octanol–water partition coefficient (Wildman–Crippen LogP) is 3.27. The lowest BCUT2D eigenvalue weighted by Gasteiger charge is -2.21. The topological polar surface area (TPSA) is 71.3 Å². The first kappa shape index (κ1) is 17.5. The Morgan fingerprint density at radius 2 is 1.75 bits per heavy atom. The van der Waals surface area contributed by atoms with Gasteiger partial charge in [0, 0.05) is 17.2 Å². The molecular formula is C19H22N2O3. The minimum Gasteiger partial charge on any atom is -0.465 e. The molecule has 0 fully saturated rings. The van der Waals surface area contributed by atoms with Gasteiger partial charge in [0.2, 0.25) is 0 Å². The summed E-state index contributed by atoms with van der Waals surface area (Å²) in [6, 6.07) is 10.6. The maximum atomic E-state index is 12.5. The van der Waals surface area contributed by atoms with Crippen molar-refractivity contribution in [2.24, 2.45) is 0 Å². The van der Waals surface area contributed by atoms with E-state index in [0.717, 1.165) is 5.56 Å². The number of hydrogen-bond acceptors (Lipinski definition) is 3. The minimum atomic E-state index is -0.423. The Morgan fingerprint density at radius 1 is 1.08 bits per heavy atom. The van der Waals surface area contributed by atoms with Crippen LogP contribution < -0.4 is 10.6 Å². The predicted molar refractivity (Wildman–Crippen MR) is 93.2 cm³/mol. The van der Waals surface area contributed by atoms with Gasteiger partial charge < -0.3 is 15.1 Å². The molecule has 2 amide bonds. The van der Waals surface area contributed by atoms with E-state index in [1.54, 1.807) is 24.3 Å². The van der Waals surface area contributed by atoms with E-state index in [-0.39, 0.29) is 17.5 Å². The van der Waals surface area contributed by atoms with Gasteiger partial charge >= 0.3 is 0 Å². The van der Waals surface area contributed by atoms with E-state index in [9.17, 15) is 9.59 Å². The number of nitrogens with one attached hydrogen (secondary N) is 2. The summed E-state index contributed by atoms with van der Waals surface area (Å²) in [6.07, 6.45) is 3.01. The van der Waals surface area contributed by atoms with Crippen molar-refractivity contribution < 1.29 is 14.0 Å². The number of hydrogen-bond donors (Lipinski definition) is 2. The van der Waals surface area contributed by atoms with Crippen LogP contribution in [0.1, 0.15) is 42.5 Å². The van der Waals surface area contributed by atoms with Gasteiger partial charge in [0.15, 0.2) is 0 Å². The molecule has 0 saturated carbocycles. The number of furan rings is 1. The van der Waals surface area contributed by atoms with Gasteiger partial charge in [-0.1, -0.05) is 17.7 Å². The monoisotopic (exact) mass is 326 g/mol. The van der Waals surface area contributed by atoms with E-state index in [0.29, 0.717) is 11.3 Å². The standard InChI is InChI=1S/C19H22N2O3/c1-13-7-9-14(10-8-13)17(22)20-16(12-15-6-5-11-24-15)18(23)21-19(2,3)4/h5-12H,1-4H3,(H,20,22)(H,21,23)/b16-12-. The second kappa shape index (κ2) is 7.17. The fourth-order valence-corrected chi connectivity index (χ4v) is 1.98. The third-order valence-corrected chi connectivity index (χ3v) is 3.12. The third kappa shape index (κ3) is 5.12. The molecule has 5 nitrogen and oxygen atoms in total. The Morgan fingerprint density at radius 3 is 2.29 bits per heavy atom. The van der Waals surface area contributed by atoms with Crippen LogP contribution in [-0.4, -0.2) is 17.4 Å². The molecule has 0 unspecified atom stereocenters. The molecular weight excluding hydrogens is 304 g/mol. The maximum Gasteiger partial charge on any atom is 0.268 e. The Labute approximate surface area is 141 Å². The van der Waals surface area contributed by atoms with Crippen LogP contribution in [0.5, 0.6) is 0 Å². The summed E-state index contributed by atoms with van der Waals surface area (Å²) in [6.45, 7) is 7.56. The molecule has 1 aromatic carbocycles. The van der Waals surface area contributed by atoms with Gasteiger partial charge in [0.05, 0.1) is 6.26 Å². The molecule has 1 heterocycles. The number of amides is 2. The highest BCUT2D eigenvalue weighted by molar-refractivity contribution is 6.05. The quantitative estimate of drug-likeness (QED) is 0.847.